The number of methoxy groups -OCH3 is 1. The van der Waals surface area contributed by atoms with Gasteiger partial charge in [-0.05, 0) is 37.3 Å². The minimum Gasteiger partial charge on any atom is -0.496 e. The minimum atomic E-state index is -0.239. The van der Waals surface area contributed by atoms with Crippen molar-refractivity contribution in [2.45, 2.75) is 12.1 Å². The highest BCUT2D eigenvalue weighted by Crippen LogP contribution is 2.28. The summed E-state index contributed by atoms with van der Waals surface area (Å²) in [5, 5.41) is 13.4. The first kappa shape index (κ1) is 24.0. The van der Waals surface area contributed by atoms with Gasteiger partial charge in [0.15, 0.2) is 11.0 Å². The third-order valence-electron chi connectivity index (χ3n) is 5.05. The van der Waals surface area contributed by atoms with Crippen LogP contribution in [0.4, 0.5) is 0 Å². The van der Waals surface area contributed by atoms with E-state index in [1.54, 1.807) is 13.2 Å². The van der Waals surface area contributed by atoms with E-state index in [1.165, 1.54) is 23.5 Å². The van der Waals surface area contributed by atoms with Crippen molar-refractivity contribution in [2.75, 3.05) is 12.9 Å². The van der Waals surface area contributed by atoms with Crippen LogP contribution >= 0.6 is 11.8 Å². The number of allylic oxidation sites excluding steroid dienone is 1. The number of benzene rings is 3. The summed E-state index contributed by atoms with van der Waals surface area (Å²) >= 11 is 1.30. The number of ether oxygens (including phenoxy) is 1. The van der Waals surface area contributed by atoms with E-state index in [4.69, 9.17) is 4.74 Å². The lowest BCUT2D eigenvalue weighted by Gasteiger charge is -2.10. The summed E-state index contributed by atoms with van der Waals surface area (Å²) in [5.74, 6) is 1.40. The van der Waals surface area contributed by atoms with Gasteiger partial charge in [0.2, 0.25) is 0 Å². The summed E-state index contributed by atoms with van der Waals surface area (Å²) < 4.78 is 7.27. The quantitative estimate of drug-likeness (QED) is 0.202. The van der Waals surface area contributed by atoms with Gasteiger partial charge >= 0.3 is 0 Å². The second-order valence-electron chi connectivity index (χ2n) is 7.55. The summed E-state index contributed by atoms with van der Waals surface area (Å²) in [5.41, 5.74) is 6.52. The highest BCUT2D eigenvalue weighted by Gasteiger charge is 2.17. The molecule has 4 aromatic rings. The van der Waals surface area contributed by atoms with Gasteiger partial charge in [-0.3, -0.25) is 9.36 Å². The lowest BCUT2D eigenvalue weighted by molar-refractivity contribution is -0.118. The smallest absolute Gasteiger partial charge is 0.250 e. The van der Waals surface area contributed by atoms with Gasteiger partial charge in [0.05, 0.1) is 12.9 Å². The highest BCUT2D eigenvalue weighted by atomic mass is 32.2. The third kappa shape index (κ3) is 6.24. The van der Waals surface area contributed by atoms with Crippen molar-refractivity contribution in [3.63, 3.8) is 0 Å². The number of hydrogen-bond donors (Lipinski definition) is 1. The van der Waals surface area contributed by atoms with Gasteiger partial charge in [0.1, 0.15) is 5.75 Å². The van der Waals surface area contributed by atoms with Crippen LogP contribution in [0, 0.1) is 6.92 Å². The first-order valence-electron chi connectivity index (χ1n) is 11.0. The predicted molar refractivity (Wildman–Crippen MR) is 141 cm³/mol. The highest BCUT2D eigenvalue weighted by molar-refractivity contribution is 7.99. The molecule has 0 bridgehead atoms. The Hall–Kier alpha value is -4.17. The number of aryl methyl sites for hydroxylation is 1. The van der Waals surface area contributed by atoms with Crippen LogP contribution in [0.15, 0.2) is 95.2 Å². The molecule has 0 aliphatic carbocycles. The molecule has 0 saturated heterocycles. The number of aromatic nitrogens is 3. The van der Waals surface area contributed by atoms with E-state index >= 15 is 0 Å². The first-order chi connectivity index (χ1) is 17.2. The molecule has 0 fully saturated rings. The molecule has 0 aliphatic heterocycles. The van der Waals surface area contributed by atoms with E-state index in [2.05, 4.69) is 20.7 Å². The van der Waals surface area contributed by atoms with Gasteiger partial charge in [0.25, 0.3) is 5.91 Å². The Labute approximate surface area is 208 Å². The molecule has 7 nitrogen and oxygen atoms in total. The molecule has 0 atom stereocenters. The van der Waals surface area contributed by atoms with Crippen LogP contribution in [0.3, 0.4) is 0 Å². The number of hydrazone groups is 1. The zero-order valence-corrected chi connectivity index (χ0v) is 20.3. The Kier molecular flexibility index (Phi) is 8.08. The van der Waals surface area contributed by atoms with Gasteiger partial charge in [0, 0.05) is 23.0 Å². The minimum absolute atomic E-state index is 0.145. The zero-order valence-electron chi connectivity index (χ0n) is 19.5. The maximum atomic E-state index is 12.4. The molecule has 35 heavy (non-hydrogen) atoms. The van der Waals surface area contributed by atoms with Gasteiger partial charge < -0.3 is 4.74 Å². The number of nitrogens with zero attached hydrogens (tertiary/aromatic N) is 4. The van der Waals surface area contributed by atoms with E-state index < -0.39 is 0 Å². The SMILES string of the molecule is COc1ccccc1C=CC=NNC(=O)CSc1nnc(-c2ccc(C)cc2)n1-c1ccccc1. The number of hydrogen-bond acceptors (Lipinski definition) is 6. The monoisotopic (exact) mass is 483 g/mol. The average Bonchev–Trinajstić information content (AvgIpc) is 3.32. The van der Waals surface area contributed by atoms with Crippen LogP contribution in [0.25, 0.3) is 23.2 Å². The Morgan fingerprint density at radius 2 is 1.77 bits per heavy atom. The van der Waals surface area contributed by atoms with Crippen LogP contribution in [-0.4, -0.2) is 39.7 Å². The van der Waals surface area contributed by atoms with Crippen LogP contribution in [0.1, 0.15) is 11.1 Å². The molecular formula is C27H25N5O2S. The molecule has 1 amide bonds. The zero-order chi connectivity index (χ0) is 24.5. The molecule has 0 unspecified atom stereocenters. The number of carbonyl (C=O) groups is 1. The molecule has 1 heterocycles. The van der Waals surface area contributed by atoms with Gasteiger partial charge in [-0.2, -0.15) is 5.10 Å². The number of para-hydroxylation sites is 2. The van der Waals surface area contributed by atoms with Crippen LogP contribution in [-0.2, 0) is 4.79 Å². The summed E-state index contributed by atoms with van der Waals surface area (Å²) in [7, 11) is 1.63. The van der Waals surface area contributed by atoms with E-state index in [0.29, 0.717) is 5.16 Å². The molecule has 8 heteroatoms. The first-order valence-corrected chi connectivity index (χ1v) is 12.0. The molecule has 3 aromatic carbocycles. The van der Waals surface area contributed by atoms with E-state index in [1.807, 2.05) is 96.4 Å². The van der Waals surface area contributed by atoms with E-state index in [9.17, 15) is 4.79 Å². The van der Waals surface area contributed by atoms with Crippen molar-refractivity contribution in [3.8, 4) is 22.8 Å². The molecule has 0 spiro atoms. The predicted octanol–water partition coefficient (Wildman–Crippen LogP) is 5.16. The average molecular weight is 484 g/mol. The Morgan fingerprint density at radius 1 is 1.03 bits per heavy atom. The molecule has 0 radical (unpaired) electrons. The second-order valence-corrected chi connectivity index (χ2v) is 8.49. The molecule has 1 aromatic heterocycles. The largest absolute Gasteiger partial charge is 0.496 e. The van der Waals surface area contributed by atoms with Crippen LogP contribution in [0.2, 0.25) is 0 Å². The Morgan fingerprint density at radius 3 is 2.54 bits per heavy atom. The summed E-state index contributed by atoms with van der Waals surface area (Å²) in [6, 6.07) is 25.6. The molecular weight excluding hydrogens is 458 g/mol. The van der Waals surface area contributed by atoms with Gasteiger partial charge in [-0.15, -0.1) is 10.2 Å². The Balaban J connectivity index is 1.42. The number of thioether (sulfide) groups is 1. The molecule has 176 valence electrons. The fraction of sp³-hybridized carbons (Fsp3) is 0.111. The lowest BCUT2D eigenvalue weighted by atomic mass is 10.1. The standard InChI is InChI=1S/C27H25N5O2S/c1-20-14-16-22(17-15-20)26-30-31-27(32(26)23-11-4-3-5-12-23)35-19-25(33)29-28-18-8-10-21-9-6-7-13-24(21)34-2/h3-18H,19H2,1-2H3,(H,29,33). The summed E-state index contributed by atoms with van der Waals surface area (Å²) in [4.78, 5) is 12.4. The molecule has 4 rings (SSSR count). The topological polar surface area (TPSA) is 81.4 Å². The van der Waals surface area contributed by atoms with Crippen molar-refractivity contribution in [3.05, 3.63) is 96.1 Å². The maximum Gasteiger partial charge on any atom is 0.250 e. The van der Waals surface area contributed by atoms with Gasteiger partial charge in [-0.1, -0.05) is 78.0 Å². The maximum absolute atomic E-state index is 12.4. The normalized spacial score (nSPS) is 11.3. The molecule has 0 saturated carbocycles. The fourth-order valence-electron chi connectivity index (χ4n) is 3.33. The summed E-state index contributed by atoms with van der Waals surface area (Å²) in [6.07, 6.45) is 5.13. The molecule has 0 aliphatic rings. The van der Waals surface area contributed by atoms with Crippen molar-refractivity contribution >= 4 is 30.0 Å². The van der Waals surface area contributed by atoms with Crippen molar-refractivity contribution < 1.29 is 9.53 Å². The van der Waals surface area contributed by atoms with Crippen molar-refractivity contribution in [1.29, 1.82) is 0 Å². The fourth-order valence-corrected chi connectivity index (χ4v) is 4.07. The van der Waals surface area contributed by atoms with Crippen LogP contribution in [0.5, 0.6) is 5.75 Å². The van der Waals surface area contributed by atoms with Gasteiger partial charge in [-0.25, -0.2) is 5.43 Å². The Bertz CT molecular complexity index is 1330. The number of nitrogens with one attached hydrogen (secondary N) is 1. The number of rotatable bonds is 9. The van der Waals surface area contributed by atoms with E-state index in [-0.39, 0.29) is 11.7 Å². The third-order valence-corrected chi connectivity index (χ3v) is 5.98. The summed E-state index contributed by atoms with van der Waals surface area (Å²) in [6.45, 7) is 2.04. The second kappa shape index (κ2) is 11.8. The molecule has 1 N–H and O–H groups in total. The number of carbonyl (C=O) groups excluding carboxylic acids is 1. The van der Waals surface area contributed by atoms with Crippen LogP contribution < -0.4 is 10.2 Å². The number of amides is 1. The van der Waals surface area contributed by atoms with Crippen molar-refractivity contribution in [1.82, 2.24) is 20.2 Å². The lowest BCUT2D eigenvalue weighted by Crippen LogP contribution is -2.19. The van der Waals surface area contributed by atoms with Crippen molar-refractivity contribution in [2.24, 2.45) is 5.10 Å². The van der Waals surface area contributed by atoms with E-state index in [0.717, 1.165) is 28.4 Å².